The van der Waals surface area contributed by atoms with Gasteiger partial charge >= 0.3 is 0 Å². The van der Waals surface area contributed by atoms with Gasteiger partial charge in [0.15, 0.2) is 0 Å². The maximum absolute atomic E-state index is 8.90. The second-order valence-corrected chi connectivity index (χ2v) is 5.76. The Morgan fingerprint density at radius 2 is 2.20 bits per heavy atom. The van der Waals surface area contributed by atoms with E-state index in [4.69, 9.17) is 5.26 Å². The summed E-state index contributed by atoms with van der Waals surface area (Å²) >= 11 is 1.73. The van der Waals surface area contributed by atoms with Gasteiger partial charge in [0.25, 0.3) is 0 Å². The molecule has 0 amide bonds. The van der Waals surface area contributed by atoms with Crippen molar-refractivity contribution in [3.8, 4) is 6.07 Å². The van der Waals surface area contributed by atoms with Crippen LogP contribution in [0.2, 0.25) is 0 Å². The minimum absolute atomic E-state index is 0.375. The number of benzene rings is 1. The van der Waals surface area contributed by atoms with Crippen LogP contribution in [0.25, 0.3) is 0 Å². The summed E-state index contributed by atoms with van der Waals surface area (Å²) in [7, 11) is 4.20. The molecule has 0 saturated carbocycles. The summed E-state index contributed by atoms with van der Waals surface area (Å²) in [6.45, 7) is 1.67. The fourth-order valence-corrected chi connectivity index (χ4v) is 2.87. The number of thiophene rings is 1. The molecule has 1 aromatic heterocycles. The van der Waals surface area contributed by atoms with E-state index in [0.29, 0.717) is 11.6 Å². The predicted molar refractivity (Wildman–Crippen MR) is 83.6 cm³/mol. The molecule has 1 N–H and O–H groups in total. The van der Waals surface area contributed by atoms with E-state index in [2.05, 4.69) is 47.2 Å². The molecule has 1 unspecified atom stereocenters. The second kappa shape index (κ2) is 7.20. The van der Waals surface area contributed by atoms with Crippen LogP contribution in [0.15, 0.2) is 41.1 Å². The highest BCUT2D eigenvalue weighted by atomic mass is 32.1. The van der Waals surface area contributed by atoms with Gasteiger partial charge in [0.1, 0.15) is 0 Å². The van der Waals surface area contributed by atoms with Gasteiger partial charge in [-0.2, -0.15) is 16.6 Å². The van der Waals surface area contributed by atoms with Gasteiger partial charge in [0, 0.05) is 19.1 Å². The van der Waals surface area contributed by atoms with Gasteiger partial charge < -0.3 is 10.2 Å². The summed E-state index contributed by atoms with van der Waals surface area (Å²) in [5.74, 6) is 0. The lowest BCUT2D eigenvalue weighted by Crippen LogP contribution is -2.30. The molecule has 0 aliphatic carbocycles. The van der Waals surface area contributed by atoms with Crippen LogP contribution < -0.4 is 5.32 Å². The van der Waals surface area contributed by atoms with Gasteiger partial charge in [-0.1, -0.05) is 12.1 Å². The van der Waals surface area contributed by atoms with Crippen molar-refractivity contribution in [2.24, 2.45) is 0 Å². The van der Waals surface area contributed by atoms with Crippen molar-refractivity contribution in [1.82, 2.24) is 10.2 Å². The Balaban J connectivity index is 1.92. The summed E-state index contributed by atoms with van der Waals surface area (Å²) in [6.07, 6.45) is 0. The Hall–Kier alpha value is -1.67. The summed E-state index contributed by atoms with van der Waals surface area (Å²) in [5.41, 5.74) is 3.21. The SMILES string of the molecule is CN(C)C(CNCc1cccc(C#N)c1)c1ccsc1. The van der Waals surface area contributed by atoms with Gasteiger partial charge in [-0.3, -0.25) is 0 Å². The number of likely N-dealkylation sites (N-methyl/N-ethyl adjacent to an activating group) is 1. The van der Waals surface area contributed by atoms with E-state index in [9.17, 15) is 0 Å². The van der Waals surface area contributed by atoms with E-state index < -0.39 is 0 Å². The Kier molecular flexibility index (Phi) is 5.31. The fraction of sp³-hybridized carbons (Fsp3) is 0.312. The highest BCUT2D eigenvalue weighted by Gasteiger charge is 2.13. The van der Waals surface area contributed by atoms with Crippen LogP contribution in [0.5, 0.6) is 0 Å². The van der Waals surface area contributed by atoms with Crippen LogP contribution in [-0.2, 0) is 6.54 Å². The molecule has 20 heavy (non-hydrogen) atoms. The summed E-state index contributed by atoms with van der Waals surface area (Å²) in [4.78, 5) is 2.22. The zero-order valence-electron chi connectivity index (χ0n) is 11.8. The molecule has 2 aromatic rings. The predicted octanol–water partition coefficient (Wildman–Crippen LogP) is 3.01. The molecular weight excluding hydrogens is 266 g/mol. The largest absolute Gasteiger partial charge is 0.311 e. The van der Waals surface area contributed by atoms with Crippen LogP contribution in [0.1, 0.15) is 22.7 Å². The fourth-order valence-electron chi connectivity index (χ4n) is 2.17. The molecule has 4 heteroatoms. The molecule has 2 rings (SSSR count). The number of nitrogens with zero attached hydrogens (tertiary/aromatic N) is 2. The second-order valence-electron chi connectivity index (χ2n) is 4.98. The van der Waals surface area contributed by atoms with Gasteiger partial charge in [0.05, 0.1) is 11.6 Å². The van der Waals surface area contributed by atoms with E-state index in [-0.39, 0.29) is 0 Å². The third-order valence-electron chi connectivity index (χ3n) is 3.27. The zero-order valence-corrected chi connectivity index (χ0v) is 12.7. The van der Waals surface area contributed by atoms with Crippen LogP contribution in [0.3, 0.4) is 0 Å². The van der Waals surface area contributed by atoms with E-state index in [1.165, 1.54) is 5.56 Å². The van der Waals surface area contributed by atoms with Gasteiger partial charge in [-0.15, -0.1) is 0 Å². The lowest BCUT2D eigenvalue weighted by Gasteiger charge is -2.24. The van der Waals surface area contributed by atoms with Crippen molar-refractivity contribution >= 4 is 11.3 Å². The number of hydrogen-bond donors (Lipinski definition) is 1. The molecule has 0 fully saturated rings. The van der Waals surface area contributed by atoms with Crippen LogP contribution in [-0.4, -0.2) is 25.5 Å². The average Bonchev–Trinajstić information content (AvgIpc) is 2.97. The van der Waals surface area contributed by atoms with Crippen molar-refractivity contribution in [3.05, 3.63) is 57.8 Å². The third kappa shape index (κ3) is 3.91. The topological polar surface area (TPSA) is 39.1 Å². The number of nitriles is 1. The lowest BCUT2D eigenvalue weighted by atomic mass is 10.1. The molecule has 1 heterocycles. The first kappa shape index (κ1) is 14.7. The molecule has 0 saturated heterocycles. The minimum Gasteiger partial charge on any atom is -0.311 e. The molecule has 0 bridgehead atoms. The first-order chi connectivity index (χ1) is 9.70. The number of hydrogen-bond acceptors (Lipinski definition) is 4. The Labute approximate surface area is 124 Å². The first-order valence-electron chi connectivity index (χ1n) is 6.59. The Bertz CT molecular complexity index is 570. The maximum atomic E-state index is 8.90. The molecule has 1 aromatic carbocycles. The zero-order chi connectivity index (χ0) is 14.4. The molecule has 0 spiro atoms. The normalized spacial score (nSPS) is 12.3. The van der Waals surface area contributed by atoms with E-state index >= 15 is 0 Å². The van der Waals surface area contributed by atoms with Crippen molar-refractivity contribution in [3.63, 3.8) is 0 Å². The average molecular weight is 285 g/mol. The van der Waals surface area contributed by atoms with Gasteiger partial charge in [-0.25, -0.2) is 0 Å². The lowest BCUT2D eigenvalue weighted by molar-refractivity contribution is 0.289. The van der Waals surface area contributed by atoms with Crippen LogP contribution in [0, 0.1) is 11.3 Å². The number of rotatable bonds is 6. The maximum Gasteiger partial charge on any atom is 0.0991 e. The first-order valence-corrected chi connectivity index (χ1v) is 7.53. The van der Waals surface area contributed by atoms with Crippen molar-refractivity contribution in [2.75, 3.05) is 20.6 Å². The van der Waals surface area contributed by atoms with Crippen molar-refractivity contribution < 1.29 is 0 Å². The monoisotopic (exact) mass is 285 g/mol. The highest BCUT2D eigenvalue weighted by Crippen LogP contribution is 2.20. The highest BCUT2D eigenvalue weighted by molar-refractivity contribution is 7.07. The van der Waals surface area contributed by atoms with E-state index in [1.807, 2.05) is 24.3 Å². The molecule has 1 atom stereocenters. The standard InChI is InChI=1S/C16H19N3S/c1-19(2)16(15-6-7-20-12-15)11-18-10-14-5-3-4-13(8-14)9-17/h3-8,12,16,18H,10-11H2,1-2H3. The Morgan fingerprint density at radius 1 is 1.35 bits per heavy atom. The van der Waals surface area contributed by atoms with Crippen molar-refractivity contribution in [2.45, 2.75) is 12.6 Å². The molecule has 3 nitrogen and oxygen atoms in total. The van der Waals surface area contributed by atoms with Gasteiger partial charge in [-0.05, 0) is 54.2 Å². The third-order valence-corrected chi connectivity index (χ3v) is 3.98. The molecule has 0 radical (unpaired) electrons. The van der Waals surface area contributed by atoms with Crippen LogP contribution >= 0.6 is 11.3 Å². The smallest absolute Gasteiger partial charge is 0.0991 e. The van der Waals surface area contributed by atoms with Crippen LogP contribution in [0.4, 0.5) is 0 Å². The summed E-state index contributed by atoms with van der Waals surface area (Å²) in [5, 5.41) is 16.7. The summed E-state index contributed by atoms with van der Waals surface area (Å²) in [6, 6.07) is 12.5. The van der Waals surface area contributed by atoms with Crippen molar-refractivity contribution in [1.29, 1.82) is 5.26 Å². The minimum atomic E-state index is 0.375. The molecule has 0 aliphatic rings. The summed E-state index contributed by atoms with van der Waals surface area (Å²) < 4.78 is 0. The number of nitrogens with one attached hydrogen (secondary N) is 1. The molecule has 104 valence electrons. The Morgan fingerprint density at radius 3 is 2.85 bits per heavy atom. The quantitative estimate of drug-likeness (QED) is 0.886. The molecular formula is C16H19N3S. The van der Waals surface area contributed by atoms with Gasteiger partial charge in [0.2, 0.25) is 0 Å². The van der Waals surface area contributed by atoms with E-state index in [1.54, 1.807) is 11.3 Å². The molecule has 0 aliphatic heterocycles. The van der Waals surface area contributed by atoms with E-state index in [0.717, 1.165) is 18.7 Å².